The lowest BCUT2D eigenvalue weighted by atomic mass is 9.78. The summed E-state index contributed by atoms with van der Waals surface area (Å²) < 4.78 is 15.5. The first kappa shape index (κ1) is 19.0. The summed E-state index contributed by atoms with van der Waals surface area (Å²) in [5.74, 6) is 0.221. The van der Waals surface area contributed by atoms with E-state index in [-0.39, 0.29) is 5.82 Å². The minimum Gasteiger partial charge on any atom is -0.402 e. The highest BCUT2D eigenvalue weighted by molar-refractivity contribution is 5.78. The molecule has 0 spiro atoms. The number of benzene rings is 2. The van der Waals surface area contributed by atoms with Crippen molar-refractivity contribution in [1.82, 2.24) is 0 Å². The van der Waals surface area contributed by atoms with Crippen LogP contribution in [0.15, 0.2) is 73.0 Å². The van der Waals surface area contributed by atoms with Gasteiger partial charge in [0.15, 0.2) is 5.82 Å². The molecule has 1 aliphatic carbocycles. The van der Waals surface area contributed by atoms with Crippen LogP contribution >= 0.6 is 0 Å². The summed E-state index contributed by atoms with van der Waals surface area (Å²) in [6.07, 6.45) is 8.71. The van der Waals surface area contributed by atoms with Crippen molar-refractivity contribution < 1.29 is 4.39 Å². The van der Waals surface area contributed by atoms with E-state index in [0.717, 1.165) is 29.5 Å². The second-order valence-corrected chi connectivity index (χ2v) is 7.10. The van der Waals surface area contributed by atoms with Crippen molar-refractivity contribution in [3.8, 4) is 0 Å². The standard InChI is InChI=1S/C24H27FN2/c1-3-19(13-12-17(2)26)21-14-15-22(20-10-7-11-20)24(23(21)25)27-16-18-8-5-4-6-9-18/h3-6,8-9,12-15,20,27H,1,7,10-11,16,26H2,2H3/b17-12+,19-13+. The van der Waals surface area contributed by atoms with E-state index >= 15 is 4.39 Å². The number of hydrogen-bond acceptors (Lipinski definition) is 2. The van der Waals surface area contributed by atoms with E-state index in [0.29, 0.717) is 29.4 Å². The van der Waals surface area contributed by atoms with Crippen LogP contribution in [0.3, 0.4) is 0 Å². The molecule has 3 heteroatoms. The molecule has 2 aromatic rings. The second kappa shape index (κ2) is 8.72. The normalized spacial score (nSPS) is 15.3. The number of halogens is 1. The Labute approximate surface area is 161 Å². The molecule has 2 aromatic carbocycles. The summed E-state index contributed by atoms with van der Waals surface area (Å²) in [7, 11) is 0. The third-order valence-corrected chi connectivity index (χ3v) is 5.09. The molecule has 0 unspecified atom stereocenters. The van der Waals surface area contributed by atoms with E-state index in [1.807, 2.05) is 42.5 Å². The van der Waals surface area contributed by atoms with E-state index in [2.05, 4.69) is 18.0 Å². The molecule has 3 rings (SSSR count). The third-order valence-electron chi connectivity index (χ3n) is 5.09. The fourth-order valence-electron chi connectivity index (χ4n) is 3.33. The van der Waals surface area contributed by atoms with Crippen LogP contribution in [0.1, 0.15) is 48.8 Å². The Hall–Kier alpha value is -2.81. The van der Waals surface area contributed by atoms with Gasteiger partial charge in [-0.05, 0) is 48.5 Å². The Kier molecular flexibility index (Phi) is 6.12. The molecule has 0 atom stereocenters. The van der Waals surface area contributed by atoms with Gasteiger partial charge in [0.25, 0.3) is 0 Å². The van der Waals surface area contributed by atoms with Crippen LogP contribution in [0.4, 0.5) is 10.1 Å². The SMILES string of the molecule is C=C/C(=C\C=C(/C)N)c1ccc(C2CCC2)c(NCc2ccccc2)c1F. The van der Waals surface area contributed by atoms with Gasteiger partial charge in [-0.15, -0.1) is 0 Å². The maximum Gasteiger partial charge on any atom is 0.154 e. The van der Waals surface area contributed by atoms with E-state index in [1.54, 1.807) is 19.1 Å². The zero-order valence-corrected chi connectivity index (χ0v) is 15.8. The number of nitrogens with two attached hydrogens (primary N) is 1. The third kappa shape index (κ3) is 4.48. The molecule has 1 saturated carbocycles. The number of anilines is 1. The summed E-state index contributed by atoms with van der Waals surface area (Å²) in [4.78, 5) is 0. The lowest BCUT2D eigenvalue weighted by molar-refractivity contribution is 0.419. The maximum atomic E-state index is 15.5. The molecule has 0 radical (unpaired) electrons. The fraction of sp³-hybridized carbons (Fsp3) is 0.250. The van der Waals surface area contributed by atoms with Crippen LogP contribution in [0.25, 0.3) is 5.57 Å². The molecular formula is C24H27FN2. The van der Waals surface area contributed by atoms with Gasteiger partial charge in [-0.2, -0.15) is 0 Å². The highest BCUT2D eigenvalue weighted by Crippen LogP contribution is 2.42. The molecule has 0 heterocycles. The van der Waals surface area contributed by atoms with Gasteiger partial charge in [0.2, 0.25) is 0 Å². The minimum atomic E-state index is -0.218. The van der Waals surface area contributed by atoms with E-state index in [9.17, 15) is 0 Å². The molecule has 0 aliphatic heterocycles. The Bertz CT molecular complexity index is 857. The molecule has 1 aliphatic rings. The molecule has 0 amide bonds. The zero-order valence-electron chi connectivity index (χ0n) is 15.8. The molecule has 3 N–H and O–H groups in total. The molecule has 0 bridgehead atoms. The van der Waals surface area contributed by atoms with Crippen molar-refractivity contribution in [3.63, 3.8) is 0 Å². The van der Waals surface area contributed by atoms with Crippen molar-refractivity contribution in [1.29, 1.82) is 0 Å². The van der Waals surface area contributed by atoms with E-state index < -0.39 is 0 Å². The predicted molar refractivity (Wildman–Crippen MR) is 113 cm³/mol. The highest BCUT2D eigenvalue weighted by atomic mass is 19.1. The maximum absolute atomic E-state index is 15.5. The largest absolute Gasteiger partial charge is 0.402 e. The first-order chi connectivity index (χ1) is 13.1. The Morgan fingerprint density at radius 1 is 1.19 bits per heavy atom. The smallest absolute Gasteiger partial charge is 0.154 e. The van der Waals surface area contributed by atoms with Crippen molar-refractivity contribution in [2.24, 2.45) is 5.73 Å². The number of nitrogens with one attached hydrogen (secondary N) is 1. The molecule has 1 fully saturated rings. The van der Waals surface area contributed by atoms with Gasteiger partial charge in [-0.1, -0.05) is 67.6 Å². The number of hydrogen-bond donors (Lipinski definition) is 2. The van der Waals surface area contributed by atoms with Crippen LogP contribution in [-0.4, -0.2) is 0 Å². The second-order valence-electron chi connectivity index (χ2n) is 7.10. The molecule has 0 aromatic heterocycles. The fourth-order valence-corrected chi connectivity index (χ4v) is 3.33. The van der Waals surface area contributed by atoms with Gasteiger partial charge in [0.05, 0.1) is 5.69 Å². The van der Waals surface area contributed by atoms with Gasteiger partial charge in [-0.3, -0.25) is 0 Å². The summed E-state index contributed by atoms with van der Waals surface area (Å²) in [5, 5.41) is 3.35. The van der Waals surface area contributed by atoms with Gasteiger partial charge >= 0.3 is 0 Å². The summed E-state index contributed by atoms with van der Waals surface area (Å²) in [6.45, 7) is 6.24. The van der Waals surface area contributed by atoms with Gasteiger partial charge in [0.1, 0.15) is 0 Å². The van der Waals surface area contributed by atoms with Crippen LogP contribution in [0, 0.1) is 5.82 Å². The van der Waals surface area contributed by atoms with E-state index in [4.69, 9.17) is 5.73 Å². The number of rotatable bonds is 7. The Balaban J connectivity index is 1.98. The van der Waals surface area contributed by atoms with E-state index in [1.165, 1.54) is 6.42 Å². The van der Waals surface area contributed by atoms with Crippen molar-refractivity contribution in [2.75, 3.05) is 5.32 Å². The summed E-state index contributed by atoms with van der Waals surface area (Å²) in [6, 6.07) is 14.0. The monoisotopic (exact) mass is 362 g/mol. The Morgan fingerprint density at radius 2 is 1.93 bits per heavy atom. The molecule has 140 valence electrons. The van der Waals surface area contributed by atoms with Crippen molar-refractivity contribution in [3.05, 3.63) is 95.5 Å². The average molecular weight is 362 g/mol. The summed E-state index contributed by atoms with van der Waals surface area (Å²) in [5.41, 5.74) is 10.5. The summed E-state index contributed by atoms with van der Waals surface area (Å²) >= 11 is 0. The Morgan fingerprint density at radius 3 is 2.52 bits per heavy atom. The van der Waals surface area contributed by atoms with Crippen LogP contribution in [0.5, 0.6) is 0 Å². The van der Waals surface area contributed by atoms with Crippen LogP contribution < -0.4 is 11.1 Å². The van der Waals surface area contributed by atoms with Crippen molar-refractivity contribution >= 4 is 11.3 Å². The van der Waals surface area contributed by atoms with Crippen molar-refractivity contribution in [2.45, 2.75) is 38.6 Å². The van der Waals surface area contributed by atoms with Gasteiger partial charge in [-0.25, -0.2) is 4.39 Å². The lowest BCUT2D eigenvalue weighted by Crippen LogP contribution is -2.14. The minimum absolute atomic E-state index is 0.218. The first-order valence-corrected chi connectivity index (χ1v) is 9.47. The zero-order chi connectivity index (χ0) is 19.2. The van der Waals surface area contributed by atoms with Gasteiger partial charge in [0, 0.05) is 17.8 Å². The first-order valence-electron chi connectivity index (χ1n) is 9.47. The van der Waals surface area contributed by atoms with Crippen LogP contribution in [-0.2, 0) is 6.54 Å². The number of allylic oxidation sites excluding steroid dienone is 5. The van der Waals surface area contributed by atoms with Gasteiger partial charge < -0.3 is 11.1 Å². The average Bonchev–Trinajstić information content (AvgIpc) is 2.62. The topological polar surface area (TPSA) is 38.0 Å². The quantitative estimate of drug-likeness (QED) is 0.581. The molecule has 27 heavy (non-hydrogen) atoms. The lowest BCUT2D eigenvalue weighted by Gasteiger charge is -2.29. The predicted octanol–water partition coefficient (Wildman–Crippen LogP) is 6.14. The molecular weight excluding hydrogens is 335 g/mol. The molecule has 2 nitrogen and oxygen atoms in total. The molecule has 0 saturated heterocycles. The highest BCUT2D eigenvalue weighted by Gasteiger charge is 2.25. The van der Waals surface area contributed by atoms with Crippen LogP contribution in [0.2, 0.25) is 0 Å².